The van der Waals surface area contributed by atoms with Gasteiger partial charge in [-0.1, -0.05) is 17.7 Å². The molecule has 3 aromatic rings. The number of amides is 1. The monoisotopic (exact) mass is 442 g/mol. The molecule has 2 aromatic carbocycles. The van der Waals surface area contributed by atoms with Crippen molar-refractivity contribution in [2.75, 3.05) is 19.4 Å². The normalized spacial score (nSPS) is 13.5. The van der Waals surface area contributed by atoms with Crippen LogP contribution in [0.1, 0.15) is 27.2 Å². The summed E-state index contributed by atoms with van der Waals surface area (Å²) < 4.78 is 27.4. The second kappa shape index (κ2) is 7.90. The van der Waals surface area contributed by atoms with Crippen LogP contribution in [0, 0.1) is 6.92 Å². The summed E-state index contributed by atoms with van der Waals surface area (Å²) in [6, 6.07) is 13.9. The van der Waals surface area contributed by atoms with E-state index in [-0.39, 0.29) is 10.8 Å². The van der Waals surface area contributed by atoms with Crippen molar-refractivity contribution in [3.8, 4) is 5.69 Å². The second-order valence-electron chi connectivity index (χ2n) is 7.28. The molecule has 0 aliphatic carbocycles. The van der Waals surface area contributed by atoms with Gasteiger partial charge < -0.3 is 5.32 Å². The summed E-state index contributed by atoms with van der Waals surface area (Å²) in [5, 5.41) is 7.69. The lowest BCUT2D eigenvalue weighted by atomic mass is 10.2. The van der Waals surface area contributed by atoms with Crippen LogP contribution in [-0.2, 0) is 21.5 Å². The lowest BCUT2D eigenvalue weighted by Crippen LogP contribution is -2.22. The first-order valence-corrected chi connectivity index (χ1v) is 12.0. The van der Waals surface area contributed by atoms with E-state index >= 15 is 0 Å². The number of benzene rings is 2. The van der Waals surface area contributed by atoms with Crippen LogP contribution >= 0.6 is 11.8 Å². The topological polar surface area (TPSA) is 84.3 Å². The van der Waals surface area contributed by atoms with Gasteiger partial charge in [-0.2, -0.15) is 16.9 Å². The first kappa shape index (κ1) is 20.6. The number of sulfonamides is 1. The molecule has 1 amide bonds. The van der Waals surface area contributed by atoms with E-state index in [1.54, 1.807) is 16.4 Å². The van der Waals surface area contributed by atoms with Gasteiger partial charge in [0, 0.05) is 36.7 Å². The fraction of sp³-hybridized carbons (Fsp3) is 0.238. The number of rotatable bonds is 5. The van der Waals surface area contributed by atoms with Crippen LogP contribution in [0.2, 0.25) is 0 Å². The highest BCUT2D eigenvalue weighted by atomic mass is 32.2. The fourth-order valence-corrected chi connectivity index (χ4v) is 5.12. The molecule has 0 unspecified atom stereocenters. The minimum Gasteiger partial charge on any atom is -0.306 e. The van der Waals surface area contributed by atoms with Crippen molar-refractivity contribution in [3.63, 3.8) is 0 Å². The van der Waals surface area contributed by atoms with E-state index in [9.17, 15) is 13.2 Å². The average Bonchev–Trinajstić information content (AvgIpc) is 3.31. The molecule has 2 heterocycles. The number of nitrogens with zero attached hydrogens (tertiary/aromatic N) is 3. The fourth-order valence-electron chi connectivity index (χ4n) is 3.18. The molecule has 1 aromatic heterocycles. The van der Waals surface area contributed by atoms with Crippen LogP contribution < -0.4 is 5.32 Å². The van der Waals surface area contributed by atoms with Gasteiger partial charge in [-0.05, 0) is 43.3 Å². The van der Waals surface area contributed by atoms with Crippen LogP contribution in [0.5, 0.6) is 0 Å². The van der Waals surface area contributed by atoms with Gasteiger partial charge in [-0.15, -0.1) is 0 Å². The Morgan fingerprint density at radius 1 is 1.07 bits per heavy atom. The van der Waals surface area contributed by atoms with Gasteiger partial charge in [-0.3, -0.25) is 4.79 Å². The summed E-state index contributed by atoms with van der Waals surface area (Å²) in [6.07, 6.45) is 0. The molecule has 0 fully saturated rings. The maximum atomic E-state index is 12.9. The molecule has 30 heavy (non-hydrogen) atoms. The molecule has 1 aliphatic heterocycles. The summed E-state index contributed by atoms with van der Waals surface area (Å²) in [5.74, 6) is 1.95. The Labute approximate surface area is 180 Å². The summed E-state index contributed by atoms with van der Waals surface area (Å²) in [5.41, 5.74) is 4.41. The third-order valence-electron chi connectivity index (χ3n) is 4.96. The third kappa shape index (κ3) is 3.76. The molecular formula is C21H22N4O3S2. The number of hydrogen-bond donors (Lipinski definition) is 1. The van der Waals surface area contributed by atoms with Gasteiger partial charge in [0.25, 0.3) is 5.91 Å². The number of nitrogens with one attached hydrogen (secondary N) is 1. The van der Waals surface area contributed by atoms with Crippen molar-refractivity contribution in [1.82, 2.24) is 14.1 Å². The van der Waals surface area contributed by atoms with Gasteiger partial charge in [-0.25, -0.2) is 17.4 Å². The van der Waals surface area contributed by atoms with Crippen LogP contribution in [0.15, 0.2) is 53.4 Å². The molecule has 9 heteroatoms. The Morgan fingerprint density at radius 3 is 2.37 bits per heavy atom. The van der Waals surface area contributed by atoms with E-state index < -0.39 is 10.0 Å². The number of fused-ring (bicyclic) bond motifs is 1. The second-order valence-corrected chi connectivity index (χ2v) is 10.4. The molecule has 7 nitrogen and oxygen atoms in total. The minimum atomic E-state index is -3.54. The van der Waals surface area contributed by atoms with Gasteiger partial charge in [0.05, 0.1) is 16.3 Å². The van der Waals surface area contributed by atoms with Crippen molar-refractivity contribution in [3.05, 3.63) is 70.9 Å². The zero-order chi connectivity index (χ0) is 21.5. The summed E-state index contributed by atoms with van der Waals surface area (Å²) in [4.78, 5) is 13.1. The number of aryl methyl sites for hydroxylation is 1. The lowest BCUT2D eigenvalue weighted by molar-refractivity contribution is 0.102. The van der Waals surface area contributed by atoms with E-state index in [1.165, 1.54) is 38.4 Å². The Bertz CT molecular complexity index is 1200. The van der Waals surface area contributed by atoms with Crippen molar-refractivity contribution in [2.24, 2.45) is 0 Å². The molecular weight excluding hydrogens is 420 g/mol. The molecule has 1 aliphatic rings. The van der Waals surface area contributed by atoms with E-state index in [0.717, 1.165) is 38.3 Å². The Morgan fingerprint density at radius 2 is 1.73 bits per heavy atom. The molecule has 0 saturated heterocycles. The number of aromatic nitrogens is 2. The molecule has 0 spiro atoms. The predicted molar refractivity (Wildman–Crippen MR) is 119 cm³/mol. The lowest BCUT2D eigenvalue weighted by Gasteiger charge is -2.13. The van der Waals surface area contributed by atoms with E-state index in [4.69, 9.17) is 5.10 Å². The Kier molecular flexibility index (Phi) is 5.44. The van der Waals surface area contributed by atoms with Gasteiger partial charge in [0.2, 0.25) is 10.0 Å². The van der Waals surface area contributed by atoms with Gasteiger partial charge in [0.1, 0.15) is 5.82 Å². The first-order chi connectivity index (χ1) is 14.3. The van der Waals surface area contributed by atoms with Crippen molar-refractivity contribution in [1.29, 1.82) is 0 Å². The summed E-state index contributed by atoms with van der Waals surface area (Å²) in [6.45, 7) is 2.02. The zero-order valence-corrected chi connectivity index (χ0v) is 18.5. The third-order valence-corrected chi connectivity index (χ3v) is 7.76. The predicted octanol–water partition coefficient (Wildman–Crippen LogP) is 3.43. The minimum absolute atomic E-state index is 0.144. The van der Waals surface area contributed by atoms with E-state index in [1.807, 2.05) is 31.2 Å². The number of carbonyl (C=O) groups excluding carboxylic acids is 1. The van der Waals surface area contributed by atoms with Crippen LogP contribution in [0.3, 0.4) is 0 Å². The molecule has 0 atom stereocenters. The molecule has 0 saturated carbocycles. The Balaban J connectivity index is 1.65. The van der Waals surface area contributed by atoms with Crippen molar-refractivity contribution in [2.45, 2.75) is 23.3 Å². The zero-order valence-electron chi connectivity index (χ0n) is 16.9. The van der Waals surface area contributed by atoms with Crippen LogP contribution in [0.25, 0.3) is 5.69 Å². The first-order valence-electron chi connectivity index (χ1n) is 9.37. The molecule has 4 rings (SSSR count). The summed E-state index contributed by atoms with van der Waals surface area (Å²) in [7, 11) is -0.593. The van der Waals surface area contributed by atoms with Gasteiger partial charge >= 0.3 is 0 Å². The van der Waals surface area contributed by atoms with E-state index in [2.05, 4.69) is 5.32 Å². The van der Waals surface area contributed by atoms with E-state index in [0.29, 0.717) is 11.4 Å². The highest BCUT2D eigenvalue weighted by molar-refractivity contribution is 7.98. The molecule has 156 valence electrons. The molecule has 0 bridgehead atoms. The maximum Gasteiger partial charge on any atom is 0.256 e. The van der Waals surface area contributed by atoms with Crippen LogP contribution in [0.4, 0.5) is 5.82 Å². The quantitative estimate of drug-likeness (QED) is 0.654. The standard InChI is InChI=1S/C21H22N4O3S2/c1-14-4-8-16(9-5-14)25-20(18-12-29-13-19(18)23-25)22-21(26)15-6-10-17(11-7-15)30(27,28)24(2)3/h4-11H,12-13H2,1-3H3,(H,22,26). The molecule has 1 N–H and O–H groups in total. The average molecular weight is 443 g/mol. The Hall–Kier alpha value is -2.62. The number of carbonyl (C=O) groups is 1. The summed E-state index contributed by atoms with van der Waals surface area (Å²) >= 11 is 1.76. The SMILES string of the molecule is Cc1ccc(-n2nc3c(c2NC(=O)c2ccc(S(=O)(=O)N(C)C)cc2)CSC3)cc1. The van der Waals surface area contributed by atoms with Crippen LogP contribution in [-0.4, -0.2) is 42.5 Å². The van der Waals surface area contributed by atoms with Crippen molar-refractivity contribution >= 4 is 33.5 Å². The highest BCUT2D eigenvalue weighted by Gasteiger charge is 2.25. The maximum absolute atomic E-state index is 12.9. The van der Waals surface area contributed by atoms with Crippen molar-refractivity contribution < 1.29 is 13.2 Å². The largest absolute Gasteiger partial charge is 0.306 e. The number of thioether (sulfide) groups is 1. The van der Waals surface area contributed by atoms with Gasteiger partial charge in [0.15, 0.2) is 0 Å². The number of hydrogen-bond acceptors (Lipinski definition) is 5. The molecule has 0 radical (unpaired) electrons. The highest BCUT2D eigenvalue weighted by Crippen LogP contribution is 2.36. The smallest absolute Gasteiger partial charge is 0.256 e. The number of anilines is 1.